The zero-order valence-corrected chi connectivity index (χ0v) is 21.4. The first-order valence-electron chi connectivity index (χ1n) is 11.9. The molecule has 35 heavy (non-hydrogen) atoms. The standard InChI is InChI=1S/C26H32N6O3/c1-14-10-18(13-27)22-20(11-14)16(3)21(24-28-17(4)31-35-24)23(30-22)32-9-8-19(12-15(32)2)29-25(33)34-26(5,6)7/h10-11,15,19H,8-9,12H2,1-7H3,(H,29,33)/t15-,19-/m1/s1. The first-order chi connectivity index (χ1) is 16.5. The summed E-state index contributed by atoms with van der Waals surface area (Å²) in [6.45, 7) is 14.1. The van der Waals surface area contributed by atoms with E-state index in [0.717, 1.165) is 34.9 Å². The number of rotatable bonds is 3. The van der Waals surface area contributed by atoms with E-state index in [1.165, 1.54) is 0 Å². The Morgan fingerprint density at radius 2 is 2.00 bits per heavy atom. The summed E-state index contributed by atoms with van der Waals surface area (Å²) in [4.78, 5) is 24.0. The van der Waals surface area contributed by atoms with E-state index in [4.69, 9.17) is 14.2 Å². The number of anilines is 1. The number of nitrogens with zero attached hydrogens (tertiary/aromatic N) is 5. The van der Waals surface area contributed by atoms with Crippen molar-refractivity contribution in [2.45, 2.75) is 79.0 Å². The molecule has 1 N–H and O–H groups in total. The molecule has 2 atom stereocenters. The van der Waals surface area contributed by atoms with Crippen LogP contribution in [-0.2, 0) is 4.74 Å². The third kappa shape index (κ3) is 5.06. The quantitative estimate of drug-likeness (QED) is 0.563. The average molecular weight is 477 g/mol. The van der Waals surface area contributed by atoms with E-state index in [1.807, 2.05) is 46.8 Å². The fourth-order valence-electron chi connectivity index (χ4n) is 4.69. The van der Waals surface area contributed by atoms with Crippen molar-refractivity contribution < 1.29 is 14.1 Å². The van der Waals surface area contributed by atoms with Crippen molar-refractivity contribution in [2.75, 3.05) is 11.4 Å². The van der Waals surface area contributed by atoms with Crippen molar-refractivity contribution in [3.05, 3.63) is 34.6 Å². The van der Waals surface area contributed by atoms with Gasteiger partial charge in [-0.2, -0.15) is 10.2 Å². The number of benzene rings is 1. The average Bonchev–Trinajstić information content (AvgIpc) is 3.18. The van der Waals surface area contributed by atoms with E-state index in [2.05, 4.69) is 33.4 Å². The Balaban J connectivity index is 1.74. The summed E-state index contributed by atoms with van der Waals surface area (Å²) in [5.41, 5.74) is 3.35. The number of piperidine rings is 1. The normalized spacial score (nSPS) is 18.4. The molecule has 0 aliphatic carbocycles. The van der Waals surface area contributed by atoms with E-state index < -0.39 is 11.7 Å². The zero-order valence-electron chi connectivity index (χ0n) is 21.4. The number of amides is 1. The lowest BCUT2D eigenvalue weighted by atomic mass is 9.95. The predicted octanol–water partition coefficient (Wildman–Crippen LogP) is 4.96. The highest BCUT2D eigenvalue weighted by Crippen LogP contribution is 2.39. The molecular formula is C26H32N6O3. The molecule has 3 aromatic rings. The molecule has 184 valence electrons. The molecule has 9 nitrogen and oxygen atoms in total. The van der Waals surface area contributed by atoms with Crippen LogP contribution in [0.5, 0.6) is 0 Å². The Morgan fingerprint density at radius 1 is 1.26 bits per heavy atom. The summed E-state index contributed by atoms with van der Waals surface area (Å²) >= 11 is 0. The maximum absolute atomic E-state index is 12.3. The number of aryl methyl sites for hydroxylation is 3. The molecule has 2 aromatic heterocycles. The van der Waals surface area contributed by atoms with Crippen LogP contribution in [0.1, 0.15) is 63.1 Å². The van der Waals surface area contributed by atoms with Crippen LogP contribution in [-0.4, -0.2) is 45.4 Å². The first kappa shape index (κ1) is 24.5. The molecule has 1 aromatic carbocycles. The number of fused-ring (bicyclic) bond motifs is 1. The summed E-state index contributed by atoms with van der Waals surface area (Å²) in [5, 5.41) is 17.7. The van der Waals surface area contributed by atoms with Crippen molar-refractivity contribution in [1.29, 1.82) is 5.26 Å². The van der Waals surface area contributed by atoms with Crippen molar-refractivity contribution in [1.82, 2.24) is 20.4 Å². The lowest BCUT2D eigenvalue weighted by molar-refractivity contribution is 0.0494. The van der Waals surface area contributed by atoms with Crippen molar-refractivity contribution in [3.8, 4) is 17.5 Å². The molecule has 1 fully saturated rings. The minimum atomic E-state index is -0.545. The van der Waals surface area contributed by atoms with Crippen LogP contribution in [0.2, 0.25) is 0 Å². The van der Waals surface area contributed by atoms with Crippen LogP contribution in [0.4, 0.5) is 10.6 Å². The van der Waals surface area contributed by atoms with E-state index >= 15 is 0 Å². The molecule has 9 heteroatoms. The largest absolute Gasteiger partial charge is 0.444 e. The molecular weight excluding hydrogens is 444 g/mol. The topological polar surface area (TPSA) is 117 Å². The summed E-state index contributed by atoms with van der Waals surface area (Å²) in [6, 6.07) is 6.24. The van der Waals surface area contributed by atoms with Gasteiger partial charge in [0, 0.05) is 24.0 Å². The van der Waals surface area contributed by atoms with E-state index in [0.29, 0.717) is 35.2 Å². The molecule has 4 rings (SSSR count). The van der Waals surface area contributed by atoms with Crippen molar-refractivity contribution in [3.63, 3.8) is 0 Å². The second kappa shape index (κ2) is 9.17. The molecule has 1 aliphatic heterocycles. The molecule has 0 bridgehead atoms. The molecule has 0 radical (unpaired) electrons. The molecule has 0 spiro atoms. The van der Waals surface area contributed by atoms with Crippen LogP contribution in [0.15, 0.2) is 16.7 Å². The summed E-state index contributed by atoms with van der Waals surface area (Å²) < 4.78 is 11.0. The molecule has 1 saturated heterocycles. The molecule has 0 unspecified atom stereocenters. The summed E-state index contributed by atoms with van der Waals surface area (Å²) in [7, 11) is 0. The summed E-state index contributed by atoms with van der Waals surface area (Å²) in [5.74, 6) is 1.66. The van der Waals surface area contributed by atoms with Crippen LogP contribution < -0.4 is 10.2 Å². The number of nitriles is 1. The minimum Gasteiger partial charge on any atom is -0.444 e. The Kier molecular flexibility index (Phi) is 6.41. The summed E-state index contributed by atoms with van der Waals surface area (Å²) in [6.07, 6.45) is 1.04. The highest BCUT2D eigenvalue weighted by molar-refractivity contribution is 5.95. The third-order valence-electron chi connectivity index (χ3n) is 6.21. The minimum absolute atomic E-state index is 0.0101. The Bertz CT molecular complexity index is 1320. The fourth-order valence-corrected chi connectivity index (χ4v) is 4.69. The van der Waals surface area contributed by atoms with Gasteiger partial charge in [-0.15, -0.1) is 0 Å². The molecule has 3 heterocycles. The van der Waals surface area contributed by atoms with Gasteiger partial charge in [-0.05, 0) is 84.6 Å². The number of carbonyl (C=O) groups is 1. The van der Waals surface area contributed by atoms with Crippen molar-refractivity contribution in [2.24, 2.45) is 0 Å². The first-order valence-corrected chi connectivity index (χ1v) is 11.9. The number of hydrogen-bond donors (Lipinski definition) is 1. The van der Waals surface area contributed by atoms with Gasteiger partial charge in [0.05, 0.1) is 16.6 Å². The molecule has 0 saturated carbocycles. The number of ether oxygens (including phenoxy) is 1. The lowest BCUT2D eigenvalue weighted by Crippen LogP contribution is -2.50. The molecule has 1 amide bonds. The van der Waals surface area contributed by atoms with Gasteiger partial charge in [0.25, 0.3) is 5.89 Å². The van der Waals surface area contributed by atoms with Crippen LogP contribution >= 0.6 is 0 Å². The van der Waals surface area contributed by atoms with Gasteiger partial charge in [-0.3, -0.25) is 0 Å². The Hall–Kier alpha value is -3.67. The maximum atomic E-state index is 12.3. The number of aromatic nitrogens is 3. The Morgan fingerprint density at radius 3 is 2.60 bits per heavy atom. The highest BCUT2D eigenvalue weighted by atomic mass is 16.6. The number of hydrogen-bond acceptors (Lipinski definition) is 8. The number of carbonyl (C=O) groups excluding carboxylic acids is 1. The second-order valence-electron chi connectivity index (χ2n) is 10.3. The maximum Gasteiger partial charge on any atom is 0.407 e. The van der Waals surface area contributed by atoms with Gasteiger partial charge in [0.2, 0.25) is 0 Å². The highest BCUT2D eigenvalue weighted by Gasteiger charge is 2.32. The van der Waals surface area contributed by atoms with Gasteiger partial charge in [-0.1, -0.05) is 5.16 Å². The van der Waals surface area contributed by atoms with Crippen molar-refractivity contribution >= 4 is 22.8 Å². The van der Waals surface area contributed by atoms with Gasteiger partial charge in [0.1, 0.15) is 17.5 Å². The van der Waals surface area contributed by atoms with Gasteiger partial charge in [0.15, 0.2) is 5.82 Å². The van der Waals surface area contributed by atoms with Crippen LogP contribution in [0.3, 0.4) is 0 Å². The number of pyridine rings is 1. The number of alkyl carbamates (subject to hydrolysis) is 1. The lowest BCUT2D eigenvalue weighted by Gasteiger charge is -2.39. The van der Waals surface area contributed by atoms with Crippen LogP contribution in [0, 0.1) is 32.1 Å². The smallest absolute Gasteiger partial charge is 0.407 e. The van der Waals surface area contributed by atoms with E-state index in [9.17, 15) is 10.1 Å². The Labute approximate surface area is 205 Å². The predicted molar refractivity (Wildman–Crippen MR) is 133 cm³/mol. The van der Waals surface area contributed by atoms with Gasteiger partial charge < -0.3 is 19.5 Å². The van der Waals surface area contributed by atoms with Gasteiger partial charge >= 0.3 is 6.09 Å². The SMILES string of the molecule is Cc1cc(C#N)c2nc(N3CC[C@@H](NC(=O)OC(C)(C)C)C[C@H]3C)c(-c3nc(C)no3)c(C)c2c1. The van der Waals surface area contributed by atoms with Crippen LogP contribution in [0.25, 0.3) is 22.4 Å². The van der Waals surface area contributed by atoms with Gasteiger partial charge in [-0.25, -0.2) is 9.78 Å². The number of nitrogens with one attached hydrogen (secondary N) is 1. The van der Waals surface area contributed by atoms with E-state index in [-0.39, 0.29) is 12.1 Å². The second-order valence-corrected chi connectivity index (χ2v) is 10.3. The monoisotopic (exact) mass is 476 g/mol. The fraction of sp³-hybridized carbons (Fsp3) is 0.500. The zero-order chi connectivity index (χ0) is 25.5. The molecule has 1 aliphatic rings. The third-order valence-corrected chi connectivity index (χ3v) is 6.21. The van der Waals surface area contributed by atoms with E-state index in [1.54, 1.807) is 6.92 Å².